The van der Waals surface area contributed by atoms with Crippen molar-refractivity contribution in [3.05, 3.63) is 29.8 Å². The molecule has 3 heteroatoms. The van der Waals surface area contributed by atoms with Gasteiger partial charge in [0.25, 0.3) is 0 Å². The zero-order valence-electron chi connectivity index (χ0n) is 9.77. The van der Waals surface area contributed by atoms with Gasteiger partial charge in [0, 0.05) is 6.42 Å². The maximum Gasteiger partial charge on any atom is 0.303 e. The molecule has 88 valence electrons. The fourth-order valence-electron chi connectivity index (χ4n) is 1.36. The van der Waals surface area contributed by atoms with Gasteiger partial charge in [-0.3, -0.25) is 4.79 Å². The summed E-state index contributed by atoms with van der Waals surface area (Å²) in [4.78, 5) is 10.3. The SMILES string of the molecule is CC(C)c1ccc(OCCCC(=O)O)cc1. The smallest absolute Gasteiger partial charge is 0.303 e. The topological polar surface area (TPSA) is 46.5 Å². The third-order valence-corrected chi connectivity index (χ3v) is 2.35. The van der Waals surface area contributed by atoms with E-state index in [4.69, 9.17) is 9.84 Å². The van der Waals surface area contributed by atoms with E-state index in [1.54, 1.807) is 0 Å². The first-order chi connectivity index (χ1) is 7.59. The number of rotatable bonds is 6. The molecule has 0 unspecified atom stereocenters. The van der Waals surface area contributed by atoms with E-state index < -0.39 is 5.97 Å². The highest BCUT2D eigenvalue weighted by atomic mass is 16.5. The molecule has 0 saturated heterocycles. The molecule has 0 aliphatic rings. The highest BCUT2D eigenvalue weighted by Crippen LogP contribution is 2.18. The summed E-state index contributed by atoms with van der Waals surface area (Å²) >= 11 is 0. The fourth-order valence-corrected chi connectivity index (χ4v) is 1.36. The quantitative estimate of drug-likeness (QED) is 0.752. The van der Waals surface area contributed by atoms with E-state index in [9.17, 15) is 4.79 Å². The number of aliphatic carboxylic acids is 1. The molecule has 1 rings (SSSR count). The van der Waals surface area contributed by atoms with Crippen LogP contribution in [0.3, 0.4) is 0 Å². The van der Waals surface area contributed by atoms with Crippen molar-refractivity contribution >= 4 is 5.97 Å². The van der Waals surface area contributed by atoms with E-state index in [0.717, 1.165) is 5.75 Å². The van der Waals surface area contributed by atoms with Gasteiger partial charge in [0.15, 0.2) is 0 Å². The van der Waals surface area contributed by atoms with E-state index in [1.165, 1.54) is 5.56 Å². The second-order valence-electron chi connectivity index (χ2n) is 4.07. The number of benzene rings is 1. The van der Waals surface area contributed by atoms with E-state index in [1.807, 2.05) is 24.3 Å². The number of hydrogen-bond donors (Lipinski definition) is 1. The average Bonchev–Trinajstić information content (AvgIpc) is 2.25. The molecule has 1 N–H and O–H groups in total. The highest BCUT2D eigenvalue weighted by molar-refractivity contribution is 5.66. The summed E-state index contributed by atoms with van der Waals surface area (Å²) < 4.78 is 5.43. The molecule has 0 fully saturated rings. The molecule has 0 bridgehead atoms. The molecule has 0 atom stereocenters. The zero-order chi connectivity index (χ0) is 12.0. The molecule has 0 saturated carbocycles. The molecule has 1 aromatic carbocycles. The van der Waals surface area contributed by atoms with Crippen molar-refractivity contribution in [2.75, 3.05) is 6.61 Å². The third kappa shape index (κ3) is 4.34. The Kier molecular flexibility index (Phi) is 4.83. The molecule has 0 aliphatic carbocycles. The Balaban J connectivity index is 2.35. The lowest BCUT2D eigenvalue weighted by Crippen LogP contribution is -2.02. The Morgan fingerprint density at radius 3 is 2.44 bits per heavy atom. The summed E-state index contributed by atoms with van der Waals surface area (Å²) in [6.45, 7) is 4.73. The lowest BCUT2D eigenvalue weighted by Gasteiger charge is -2.08. The number of hydrogen-bond acceptors (Lipinski definition) is 2. The summed E-state index contributed by atoms with van der Waals surface area (Å²) in [7, 11) is 0. The van der Waals surface area contributed by atoms with E-state index in [2.05, 4.69) is 13.8 Å². The number of ether oxygens (including phenoxy) is 1. The van der Waals surface area contributed by atoms with Crippen LogP contribution in [-0.4, -0.2) is 17.7 Å². The molecule has 0 aromatic heterocycles. The van der Waals surface area contributed by atoms with Crippen molar-refractivity contribution in [2.45, 2.75) is 32.6 Å². The molecule has 0 aliphatic heterocycles. The Morgan fingerprint density at radius 1 is 1.31 bits per heavy atom. The molecule has 0 heterocycles. The van der Waals surface area contributed by atoms with Crippen molar-refractivity contribution in [3.63, 3.8) is 0 Å². The van der Waals surface area contributed by atoms with Crippen LogP contribution in [0.2, 0.25) is 0 Å². The second kappa shape index (κ2) is 6.16. The van der Waals surface area contributed by atoms with Gasteiger partial charge in [0.2, 0.25) is 0 Å². The van der Waals surface area contributed by atoms with Crippen LogP contribution in [-0.2, 0) is 4.79 Å². The van der Waals surface area contributed by atoms with Crippen molar-refractivity contribution in [2.24, 2.45) is 0 Å². The maximum atomic E-state index is 10.3. The normalized spacial score (nSPS) is 10.4. The number of carbonyl (C=O) groups is 1. The molecule has 0 spiro atoms. The monoisotopic (exact) mass is 222 g/mol. The largest absolute Gasteiger partial charge is 0.494 e. The standard InChI is InChI=1S/C13H18O3/c1-10(2)11-5-7-12(8-6-11)16-9-3-4-13(14)15/h5-8,10H,3-4,9H2,1-2H3,(H,14,15). The van der Waals surface area contributed by atoms with Gasteiger partial charge >= 0.3 is 5.97 Å². The van der Waals surface area contributed by atoms with Gasteiger partial charge in [0.05, 0.1) is 6.61 Å². The van der Waals surface area contributed by atoms with Gasteiger partial charge in [-0.05, 0) is 30.0 Å². The van der Waals surface area contributed by atoms with Crippen molar-refractivity contribution in [3.8, 4) is 5.75 Å². The van der Waals surface area contributed by atoms with Crippen molar-refractivity contribution < 1.29 is 14.6 Å². The summed E-state index contributed by atoms with van der Waals surface area (Å²) in [5.41, 5.74) is 1.28. The fraction of sp³-hybridized carbons (Fsp3) is 0.462. The second-order valence-corrected chi connectivity index (χ2v) is 4.07. The predicted octanol–water partition coefficient (Wildman–Crippen LogP) is 3.05. The third-order valence-electron chi connectivity index (χ3n) is 2.35. The first-order valence-electron chi connectivity index (χ1n) is 5.54. The van der Waals surface area contributed by atoms with Crippen LogP contribution < -0.4 is 4.74 Å². The van der Waals surface area contributed by atoms with Crippen LogP contribution in [0.25, 0.3) is 0 Å². The minimum Gasteiger partial charge on any atom is -0.494 e. The van der Waals surface area contributed by atoms with Crippen LogP contribution >= 0.6 is 0 Å². The summed E-state index contributed by atoms with van der Waals surface area (Å²) in [6, 6.07) is 7.93. The first kappa shape index (κ1) is 12.6. The number of carboxylic acid groups (broad SMARTS) is 1. The summed E-state index contributed by atoms with van der Waals surface area (Å²) in [5, 5.41) is 8.45. The lowest BCUT2D eigenvalue weighted by atomic mass is 10.0. The maximum absolute atomic E-state index is 10.3. The van der Waals surface area contributed by atoms with Gasteiger partial charge in [0.1, 0.15) is 5.75 Å². The molecular formula is C13H18O3. The molecule has 0 radical (unpaired) electrons. The average molecular weight is 222 g/mol. The van der Waals surface area contributed by atoms with Crippen molar-refractivity contribution in [1.82, 2.24) is 0 Å². The molecule has 0 amide bonds. The molecule has 16 heavy (non-hydrogen) atoms. The lowest BCUT2D eigenvalue weighted by molar-refractivity contribution is -0.137. The van der Waals surface area contributed by atoms with Crippen LogP contribution in [0, 0.1) is 0 Å². The van der Waals surface area contributed by atoms with E-state index >= 15 is 0 Å². The Labute approximate surface area is 96.1 Å². The Morgan fingerprint density at radius 2 is 1.94 bits per heavy atom. The predicted molar refractivity (Wildman–Crippen MR) is 62.9 cm³/mol. The minimum absolute atomic E-state index is 0.157. The minimum atomic E-state index is -0.779. The van der Waals surface area contributed by atoms with Crippen LogP contribution in [0.1, 0.15) is 38.2 Å². The van der Waals surface area contributed by atoms with Gasteiger partial charge in [-0.2, -0.15) is 0 Å². The highest BCUT2D eigenvalue weighted by Gasteiger charge is 2.00. The first-order valence-corrected chi connectivity index (χ1v) is 5.54. The van der Waals surface area contributed by atoms with Gasteiger partial charge in [-0.1, -0.05) is 26.0 Å². The molecular weight excluding hydrogens is 204 g/mol. The van der Waals surface area contributed by atoms with Gasteiger partial charge < -0.3 is 9.84 Å². The molecule has 3 nitrogen and oxygen atoms in total. The van der Waals surface area contributed by atoms with Crippen LogP contribution in [0.5, 0.6) is 5.75 Å². The Hall–Kier alpha value is -1.51. The Bertz CT molecular complexity index is 328. The van der Waals surface area contributed by atoms with E-state index in [0.29, 0.717) is 18.9 Å². The van der Waals surface area contributed by atoms with E-state index in [-0.39, 0.29) is 6.42 Å². The zero-order valence-corrected chi connectivity index (χ0v) is 9.77. The number of carboxylic acids is 1. The van der Waals surface area contributed by atoms with Gasteiger partial charge in [-0.25, -0.2) is 0 Å². The molecule has 1 aromatic rings. The van der Waals surface area contributed by atoms with Gasteiger partial charge in [-0.15, -0.1) is 0 Å². The van der Waals surface area contributed by atoms with Crippen molar-refractivity contribution in [1.29, 1.82) is 0 Å². The van der Waals surface area contributed by atoms with Crippen LogP contribution in [0.15, 0.2) is 24.3 Å². The summed E-state index contributed by atoms with van der Waals surface area (Å²) in [6.07, 6.45) is 0.700. The van der Waals surface area contributed by atoms with Crippen LogP contribution in [0.4, 0.5) is 0 Å². The summed E-state index contributed by atoms with van der Waals surface area (Å²) in [5.74, 6) is 0.537.